The number of rotatable bonds is 11. The molecule has 0 aliphatic carbocycles. The van der Waals surface area contributed by atoms with Crippen LogP contribution in [0, 0.1) is 0 Å². The number of H-pyrrole nitrogens is 1. The topological polar surface area (TPSA) is 48.1 Å². The van der Waals surface area contributed by atoms with Gasteiger partial charge in [-0.05, 0) is 46.4 Å². The fourth-order valence-electron chi connectivity index (χ4n) is 6.56. The number of carbonyl (C=O) groups excluding carboxylic acids is 1. The summed E-state index contributed by atoms with van der Waals surface area (Å²) in [6, 6.07) is 43.5. The van der Waals surface area contributed by atoms with Crippen molar-refractivity contribution in [3.8, 4) is 0 Å². The van der Waals surface area contributed by atoms with Crippen molar-refractivity contribution < 1.29 is 18.0 Å². The molecule has 2 N–H and O–H groups in total. The molecule has 5 aromatic carbocycles. The highest BCUT2D eigenvalue weighted by Gasteiger charge is 2.39. The first kappa shape index (κ1) is 31.8. The van der Waals surface area contributed by atoms with Crippen LogP contribution in [-0.2, 0) is 29.5 Å². The molecule has 0 fully saturated rings. The Morgan fingerprint density at radius 3 is 1.77 bits per heavy atom. The van der Waals surface area contributed by atoms with E-state index in [0.717, 1.165) is 39.2 Å². The van der Waals surface area contributed by atoms with Crippen LogP contribution in [0.25, 0.3) is 10.9 Å². The lowest BCUT2D eigenvalue weighted by Gasteiger charge is -2.41. The van der Waals surface area contributed by atoms with Gasteiger partial charge < -0.3 is 9.88 Å². The van der Waals surface area contributed by atoms with E-state index in [1.807, 2.05) is 79.0 Å². The standard InChI is InChI=1S/C40H36F3N3O/c1-29(47)46(27-30-15-11-13-23-37(30)40(41,42)43)28-35(25-31-26-44-38-24-14-12-22-36(31)38)45-39(32-16-5-2-6-17-32,33-18-7-3-8-19-33)34-20-9-4-10-21-34/h2-24,26,35,44-45H,25,27-28H2,1H3. The third-order valence-corrected chi connectivity index (χ3v) is 8.75. The van der Waals surface area contributed by atoms with Crippen molar-refractivity contribution in [3.05, 3.63) is 179 Å². The molecule has 0 saturated heterocycles. The zero-order valence-electron chi connectivity index (χ0n) is 26.0. The van der Waals surface area contributed by atoms with E-state index in [9.17, 15) is 18.0 Å². The highest BCUT2D eigenvalue weighted by molar-refractivity contribution is 5.83. The van der Waals surface area contributed by atoms with Gasteiger partial charge in [-0.15, -0.1) is 0 Å². The lowest BCUT2D eigenvalue weighted by molar-refractivity contribution is -0.139. The Kier molecular flexibility index (Phi) is 9.27. The second-order valence-electron chi connectivity index (χ2n) is 11.8. The monoisotopic (exact) mass is 631 g/mol. The Bertz CT molecular complexity index is 1820. The number of aromatic amines is 1. The number of aromatic nitrogens is 1. The predicted molar refractivity (Wildman–Crippen MR) is 181 cm³/mol. The lowest BCUT2D eigenvalue weighted by atomic mass is 9.76. The van der Waals surface area contributed by atoms with Gasteiger partial charge in [0, 0.05) is 43.2 Å². The summed E-state index contributed by atoms with van der Waals surface area (Å²) in [5.41, 5.74) is 3.49. The summed E-state index contributed by atoms with van der Waals surface area (Å²) < 4.78 is 42.1. The van der Waals surface area contributed by atoms with Gasteiger partial charge in [0.25, 0.3) is 0 Å². The predicted octanol–water partition coefficient (Wildman–Crippen LogP) is 8.73. The van der Waals surface area contributed by atoms with Crippen LogP contribution in [0.1, 0.15) is 40.3 Å². The van der Waals surface area contributed by atoms with Crippen LogP contribution >= 0.6 is 0 Å². The van der Waals surface area contributed by atoms with E-state index in [0.29, 0.717) is 6.42 Å². The molecule has 238 valence electrons. The Morgan fingerprint density at radius 2 is 1.21 bits per heavy atom. The van der Waals surface area contributed by atoms with Gasteiger partial charge in [-0.2, -0.15) is 13.2 Å². The molecule has 47 heavy (non-hydrogen) atoms. The second-order valence-corrected chi connectivity index (χ2v) is 11.8. The van der Waals surface area contributed by atoms with Crippen LogP contribution in [0.2, 0.25) is 0 Å². The molecule has 0 radical (unpaired) electrons. The molecule has 0 spiro atoms. The van der Waals surface area contributed by atoms with E-state index in [-0.39, 0.29) is 24.6 Å². The van der Waals surface area contributed by atoms with Gasteiger partial charge in [-0.3, -0.25) is 10.1 Å². The fraction of sp³-hybridized carbons (Fsp3) is 0.175. The fourth-order valence-corrected chi connectivity index (χ4v) is 6.56. The van der Waals surface area contributed by atoms with Crippen molar-refractivity contribution in [3.63, 3.8) is 0 Å². The number of hydrogen-bond donors (Lipinski definition) is 2. The summed E-state index contributed by atoms with van der Waals surface area (Å²) in [6.07, 6.45) is -2.06. The average molecular weight is 632 g/mol. The number of halogens is 3. The maximum Gasteiger partial charge on any atom is 0.416 e. The zero-order valence-corrected chi connectivity index (χ0v) is 26.0. The molecule has 4 nitrogen and oxygen atoms in total. The van der Waals surface area contributed by atoms with Crippen molar-refractivity contribution in [2.24, 2.45) is 0 Å². The molecule has 6 aromatic rings. The van der Waals surface area contributed by atoms with Crippen molar-refractivity contribution in [2.45, 2.75) is 37.6 Å². The number of para-hydroxylation sites is 1. The molecular weight excluding hydrogens is 595 g/mol. The molecular formula is C40H36F3N3O. The summed E-state index contributed by atoms with van der Waals surface area (Å²) in [5.74, 6) is -0.308. The summed E-state index contributed by atoms with van der Waals surface area (Å²) in [7, 11) is 0. The number of hydrogen-bond acceptors (Lipinski definition) is 2. The van der Waals surface area contributed by atoms with Gasteiger partial charge in [0.2, 0.25) is 5.91 Å². The second kappa shape index (κ2) is 13.7. The van der Waals surface area contributed by atoms with Crippen molar-refractivity contribution in [1.82, 2.24) is 15.2 Å². The Hall–Kier alpha value is -5.14. The maximum atomic E-state index is 14.0. The lowest BCUT2D eigenvalue weighted by Crippen LogP contribution is -2.54. The van der Waals surface area contributed by atoms with Crippen LogP contribution in [0.5, 0.6) is 0 Å². The smallest absolute Gasteiger partial charge is 0.361 e. The van der Waals surface area contributed by atoms with Gasteiger partial charge in [-0.1, -0.05) is 127 Å². The van der Waals surface area contributed by atoms with Crippen LogP contribution in [0.15, 0.2) is 146 Å². The summed E-state index contributed by atoms with van der Waals surface area (Å²) in [4.78, 5) is 18.1. The number of nitrogens with one attached hydrogen (secondary N) is 2. The van der Waals surface area contributed by atoms with E-state index in [1.54, 1.807) is 6.07 Å². The first-order chi connectivity index (χ1) is 22.8. The van der Waals surface area contributed by atoms with Gasteiger partial charge in [0.15, 0.2) is 0 Å². The zero-order chi connectivity index (χ0) is 32.9. The van der Waals surface area contributed by atoms with Gasteiger partial charge >= 0.3 is 6.18 Å². The number of amides is 1. The minimum Gasteiger partial charge on any atom is -0.361 e. The van der Waals surface area contributed by atoms with Crippen LogP contribution in [0.4, 0.5) is 13.2 Å². The Balaban J connectivity index is 1.49. The third-order valence-electron chi connectivity index (χ3n) is 8.75. The molecule has 0 bridgehead atoms. The molecule has 1 unspecified atom stereocenters. The molecule has 1 heterocycles. The maximum absolute atomic E-state index is 14.0. The third kappa shape index (κ3) is 6.86. The van der Waals surface area contributed by atoms with E-state index >= 15 is 0 Å². The molecule has 1 amide bonds. The van der Waals surface area contributed by atoms with E-state index in [2.05, 4.69) is 52.8 Å². The molecule has 1 atom stereocenters. The van der Waals surface area contributed by atoms with Crippen molar-refractivity contribution >= 4 is 16.8 Å². The SMILES string of the molecule is CC(=O)N(Cc1ccccc1C(F)(F)F)CC(Cc1c[nH]c2ccccc12)NC(c1ccccc1)(c1ccccc1)c1ccccc1. The molecule has 0 aliphatic heterocycles. The van der Waals surface area contributed by atoms with Crippen LogP contribution < -0.4 is 5.32 Å². The van der Waals surface area contributed by atoms with E-state index in [4.69, 9.17) is 0 Å². The van der Waals surface area contributed by atoms with Crippen LogP contribution in [0.3, 0.4) is 0 Å². The van der Waals surface area contributed by atoms with E-state index in [1.165, 1.54) is 24.0 Å². The molecule has 0 saturated carbocycles. The summed E-state index contributed by atoms with van der Waals surface area (Å²) >= 11 is 0. The number of nitrogens with zero attached hydrogens (tertiary/aromatic N) is 1. The molecule has 6 rings (SSSR count). The number of carbonyl (C=O) groups is 1. The Labute approximate surface area is 272 Å². The average Bonchev–Trinajstić information content (AvgIpc) is 3.50. The quantitative estimate of drug-likeness (QED) is 0.141. The number of alkyl halides is 3. The van der Waals surface area contributed by atoms with E-state index < -0.39 is 23.3 Å². The number of fused-ring (bicyclic) bond motifs is 1. The van der Waals surface area contributed by atoms with Crippen molar-refractivity contribution in [2.75, 3.05) is 6.54 Å². The van der Waals surface area contributed by atoms with Gasteiger partial charge in [0.1, 0.15) is 0 Å². The first-order valence-corrected chi connectivity index (χ1v) is 15.7. The molecule has 0 aliphatic rings. The first-order valence-electron chi connectivity index (χ1n) is 15.7. The normalized spacial score (nSPS) is 12.6. The molecule has 7 heteroatoms. The highest BCUT2D eigenvalue weighted by atomic mass is 19.4. The minimum atomic E-state index is -4.54. The number of benzene rings is 5. The Morgan fingerprint density at radius 1 is 0.702 bits per heavy atom. The van der Waals surface area contributed by atoms with Crippen LogP contribution in [-0.4, -0.2) is 28.4 Å². The largest absolute Gasteiger partial charge is 0.416 e. The van der Waals surface area contributed by atoms with Crippen molar-refractivity contribution in [1.29, 1.82) is 0 Å². The molecule has 1 aromatic heterocycles. The minimum absolute atomic E-state index is 0.0569. The summed E-state index contributed by atoms with van der Waals surface area (Å²) in [5, 5.41) is 5.06. The highest BCUT2D eigenvalue weighted by Crippen LogP contribution is 2.38. The van der Waals surface area contributed by atoms with Gasteiger partial charge in [0.05, 0.1) is 11.1 Å². The summed E-state index contributed by atoms with van der Waals surface area (Å²) in [6.45, 7) is 1.40. The van der Waals surface area contributed by atoms with Gasteiger partial charge in [-0.25, -0.2) is 0 Å².